The van der Waals surface area contributed by atoms with Gasteiger partial charge in [-0.2, -0.15) is 4.98 Å². The molecule has 1 fully saturated rings. The first kappa shape index (κ1) is 24.5. The number of hydrogen-bond acceptors (Lipinski definition) is 8. The molecule has 35 heavy (non-hydrogen) atoms. The van der Waals surface area contributed by atoms with Crippen LogP contribution < -0.4 is 9.64 Å². The van der Waals surface area contributed by atoms with Gasteiger partial charge in [0.2, 0.25) is 17.7 Å². The van der Waals surface area contributed by atoms with Gasteiger partial charge >= 0.3 is 5.97 Å². The first-order chi connectivity index (χ1) is 16.8. The van der Waals surface area contributed by atoms with Crippen molar-refractivity contribution < 1.29 is 27.9 Å². The van der Waals surface area contributed by atoms with E-state index in [2.05, 4.69) is 25.0 Å². The van der Waals surface area contributed by atoms with Gasteiger partial charge in [-0.15, -0.1) is 0 Å². The van der Waals surface area contributed by atoms with Crippen LogP contribution in [0.3, 0.4) is 0 Å². The minimum Gasteiger partial charge on any atom is -0.493 e. The number of carboxylic acid groups (broad SMARTS) is 1. The lowest BCUT2D eigenvalue weighted by Gasteiger charge is -2.32. The van der Waals surface area contributed by atoms with Gasteiger partial charge in [0.15, 0.2) is 0 Å². The molecule has 0 unspecified atom stereocenters. The summed E-state index contributed by atoms with van der Waals surface area (Å²) in [4.78, 5) is 26.3. The molecule has 1 N–H and O–H groups in total. The number of nitrogens with zero attached hydrogens (tertiary/aromatic N) is 5. The number of carbonyl (C=O) groups is 1. The Hall–Kier alpha value is -3.63. The molecule has 3 heterocycles. The molecule has 1 aliphatic rings. The molecule has 0 bridgehead atoms. The number of halogens is 2. The summed E-state index contributed by atoms with van der Waals surface area (Å²) in [6.07, 6.45) is 7.00. The normalized spacial score (nSPS) is 14.5. The monoisotopic (exact) mass is 487 g/mol. The number of benzene rings is 1. The largest absolute Gasteiger partial charge is 0.493 e. The molecule has 0 radical (unpaired) electrons. The van der Waals surface area contributed by atoms with Crippen LogP contribution in [0.4, 0.5) is 14.7 Å². The van der Waals surface area contributed by atoms with Crippen LogP contribution in [0, 0.1) is 17.6 Å². The quantitative estimate of drug-likeness (QED) is 0.429. The molecule has 186 valence electrons. The van der Waals surface area contributed by atoms with Gasteiger partial charge in [0.25, 0.3) is 0 Å². The van der Waals surface area contributed by atoms with E-state index in [4.69, 9.17) is 14.4 Å². The molecule has 3 aromatic rings. The van der Waals surface area contributed by atoms with Gasteiger partial charge < -0.3 is 19.3 Å². The van der Waals surface area contributed by atoms with E-state index < -0.39 is 23.2 Å². The van der Waals surface area contributed by atoms with E-state index in [0.29, 0.717) is 35.8 Å². The number of piperidine rings is 1. The number of anilines is 1. The van der Waals surface area contributed by atoms with Crippen molar-refractivity contribution >= 4 is 11.9 Å². The minimum atomic E-state index is -1.65. The Labute approximate surface area is 201 Å². The molecule has 0 amide bonds. The van der Waals surface area contributed by atoms with Crippen LogP contribution in [0.25, 0.3) is 11.4 Å². The van der Waals surface area contributed by atoms with Crippen molar-refractivity contribution in [2.45, 2.75) is 45.4 Å². The number of ether oxygens (including phenoxy) is 1. The zero-order valence-corrected chi connectivity index (χ0v) is 19.6. The predicted molar refractivity (Wildman–Crippen MR) is 122 cm³/mol. The van der Waals surface area contributed by atoms with E-state index >= 15 is 0 Å². The Balaban J connectivity index is 1.21. The lowest BCUT2D eigenvalue weighted by molar-refractivity contribution is 0.0686. The maximum absolute atomic E-state index is 13.8. The van der Waals surface area contributed by atoms with Crippen molar-refractivity contribution in [3.05, 3.63) is 47.6 Å². The second kappa shape index (κ2) is 10.7. The first-order valence-electron chi connectivity index (χ1n) is 11.6. The number of rotatable bonds is 9. The second-order valence-electron chi connectivity index (χ2n) is 8.87. The summed E-state index contributed by atoms with van der Waals surface area (Å²) in [5, 5.41) is 12.8. The van der Waals surface area contributed by atoms with Gasteiger partial charge in [-0.25, -0.2) is 23.5 Å². The lowest BCUT2D eigenvalue weighted by Crippen LogP contribution is -2.34. The van der Waals surface area contributed by atoms with Crippen LogP contribution in [0.15, 0.2) is 29.0 Å². The van der Waals surface area contributed by atoms with E-state index in [0.717, 1.165) is 50.9 Å². The lowest BCUT2D eigenvalue weighted by atomic mass is 9.92. The Morgan fingerprint density at radius 1 is 1.20 bits per heavy atom. The maximum atomic E-state index is 13.8. The van der Waals surface area contributed by atoms with E-state index in [1.54, 1.807) is 12.4 Å². The molecule has 0 saturated carbocycles. The molecular weight excluding hydrogens is 460 g/mol. The van der Waals surface area contributed by atoms with Crippen LogP contribution in [0.1, 0.15) is 61.7 Å². The summed E-state index contributed by atoms with van der Waals surface area (Å²) in [5.74, 6) is -1.58. The first-order valence-corrected chi connectivity index (χ1v) is 11.6. The highest BCUT2D eigenvalue weighted by Crippen LogP contribution is 2.26. The minimum absolute atomic E-state index is 0.0123. The fraction of sp³-hybridized carbons (Fsp3) is 0.458. The van der Waals surface area contributed by atoms with E-state index in [1.165, 1.54) is 0 Å². The van der Waals surface area contributed by atoms with Gasteiger partial charge in [0.05, 0.1) is 12.2 Å². The summed E-state index contributed by atoms with van der Waals surface area (Å²) in [5.41, 5.74) is -0.269. The van der Waals surface area contributed by atoms with Crippen LogP contribution >= 0.6 is 0 Å². The summed E-state index contributed by atoms with van der Waals surface area (Å²) >= 11 is 0. The zero-order valence-electron chi connectivity index (χ0n) is 19.6. The topological polar surface area (TPSA) is 114 Å². The number of carboxylic acids is 1. The summed E-state index contributed by atoms with van der Waals surface area (Å²) in [7, 11) is 0. The third-order valence-corrected chi connectivity index (χ3v) is 5.98. The van der Waals surface area contributed by atoms with Gasteiger partial charge in [0, 0.05) is 43.5 Å². The molecule has 0 aliphatic carbocycles. The van der Waals surface area contributed by atoms with E-state index in [9.17, 15) is 13.6 Å². The molecule has 1 aliphatic heterocycles. The second-order valence-corrected chi connectivity index (χ2v) is 8.87. The van der Waals surface area contributed by atoms with Gasteiger partial charge in [-0.3, -0.25) is 0 Å². The summed E-state index contributed by atoms with van der Waals surface area (Å²) in [6.45, 7) is 5.93. The molecule has 2 aromatic heterocycles. The fourth-order valence-electron chi connectivity index (χ4n) is 4.01. The molecule has 9 nitrogen and oxygen atoms in total. The van der Waals surface area contributed by atoms with Crippen molar-refractivity contribution in [1.29, 1.82) is 0 Å². The van der Waals surface area contributed by atoms with Crippen LogP contribution in [0.5, 0.6) is 5.75 Å². The molecule has 1 saturated heterocycles. The van der Waals surface area contributed by atoms with Crippen LogP contribution in [-0.2, 0) is 0 Å². The summed E-state index contributed by atoms with van der Waals surface area (Å²) < 4.78 is 38.2. The highest BCUT2D eigenvalue weighted by atomic mass is 19.1. The Morgan fingerprint density at radius 2 is 1.86 bits per heavy atom. The van der Waals surface area contributed by atoms with Crippen molar-refractivity contribution in [2.24, 2.45) is 5.92 Å². The molecule has 4 rings (SSSR count). The van der Waals surface area contributed by atoms with Crippen LogP contribution in [-0.4, -0.2) is 50.9 Å². The average Bonchev–Trinajstić information content (AvgIpc) is 3.33. The molecule has 1 aromatic carbocycles. The highest BCUT2D eigenvalue weighted by Gasteiger charge is 2.22. The fourth-order valence-corrected chi connectivity index (χ4v) is 4.01. The van der Waals surface area contributed by atoms with Crippen molar-refractivity contribution in [1.82, 2.24) is 20.1 Å². The third-order valence-electron chi connectivity index (χ3n) is 5.98. The molecule has 11 heteroatoms. The van der Waals surface area contributed by atoms with E-state index in [1.807, 2.05) is 13.8 Å². The predicted octanol–water partition coefficient (Wildman–Crippen LogP) is 4.70. The van der Waals surface area contributed by atoms with E-state index in [-0.39, 0.29) is 11.7 Å². The Bertz CT molecular complexity index is 1140. The summed E-state index contributed by atoms with van der Waals surface area (Å²) in [6, 6.07) is 1.80. The van der Waals surface area contributed by atoms with Crippen molar-refractivity contribution in [3.63, 3.8) is 0 Å². The van der Waals surface area contributed by atoms with Gasteiger partial charge in [0.1, 0.15) is 22.9 Å². The Kier molecular flexibility index (Phi) is 7.52. The van der Waals surface area contributed by atoms with Crippen LogP contribution in [0.2, 0.25) is 0 Å². The van der Waals surface area contributed by atoms with Gasteiger partial charge in [-0.1, -0.05) is 19.0 Å². The number of aromatic carboxylic acids is 1. The molecule has 0 spiro atoms. The van der Waals surface area contributed by atoms with Crippen molar-refractivity contribution in [3.8, 4) is 17.1 Å². The maximum Gasteiger partial charge on any atom is 0.341 e. The van der Waals surface area contributed by atoms with Gasteiger partial charge in [-0.05, 0) is 31.6 Å². The number of aromatic nitrogens is 4. The Morgan fingerprint density at radius 3 is 2.43 bits per heavy atom. The highest BCUT2D eigenvalue weighted by molar-refractivity contribution is 5.88. The molecular formula is C24H27F2N5O4. The smallest absolute Gasteiger partial charge is 0.341 e. The standard InChI is InChI=1S/C24H27F2N5O4/c1-14(2)22-29-21(30-35-22)16-12-27-24(28-13-16)31-7-5-15(6-8-31)4-3-9-34-17-10-18(25)20(23(32)33)19(26)11-17/h10-15H,3-9H2,1-2H3,(H,32,33). The number of hydrogen-bond donors (Lipinski definition) is 1. The molecule has 0 atom stereocenters. The average molecular weight is 488 g/mol. The zero-order chi connectivity index (χ0) is 24.9. The SMILES string of the molecule is CC(C)c1nc(-c2cnc(N3CCC(CCCOc4cc(F)c(C(=O)O)c(F)c4)CC3)nc2)no1. The third kappa shape index (κ3) is 5.90. The van der Waals surface area contributed by atoms with Crippen molar-refractivity contribution in [2.75, 3.05) is 24.6 Å².